The number of ether oxygens (including phenoxy) is 3. The molecule has 3 aliphatic carbocycles. The van der Waals surface area contributed by atoms with Crippen LogP contribution in [-0.2, 0) is 38.7 Å². The average molecular weight is 1160 g/mol. The van der Waals surface area contributed by atoms with E-state index in [1.807, 2.05) is 66.7 Å². The van der Waals surface area contributed by atoms with Crippen LogP contribution in [0.15, 0.2) is 78.9 Å². The van der Waals surface area contributed by atoms with Crippen LogP contribution in [0.2, 0.25) is 15.1 Å². The molecule has 79 heavy (non-hydrogen) atoms. The number of nitrogens with zero attached hydrogens (tertiary/aromatic N) is 5. The van der Waals surface area contributed by atoms with Gasteiger partial charge < -0.3 is 29.3 Å². The SMILES string of the molecule is COc1cc(CN(CC2CCC(C(=O)O)CC2)C2CCc3cc(Cl)ccc32)ccc1OCCN1C(=O)CSC1=O.C[C@@H](c1ccc(Cl)cc1)N(Cc1ccc(OCCN2C(=O)CN(C)C2=O)c(Cl)c1)CC1CCC(C(=O)O)CC1. The highest BCUT2D eigenvalue weighted by molar-refractivity contribution is 8.14. The lowest BCUT2D eigenvalue weighted by Crippen LogP contribution is -2.35. The number of aliphatic carboxylic acids is 2. The number of amides is 5. The maximum Gasteiger partial charge on any atom is 0.327 e. The van der Waals surface area contributed by atoms with Crippen molar-refractivity contribution in [2.24, 2.45) is 23.7 Å². The van der Waals surface area contributed by atoms with Crippen molar-refractivity contribution in [3.8, 4) is 17.2 Å². The predicted molar refractivity (Wildman–Crippen MR) is 304 cm³/mol. The number of thioether (sulfide) groups is 1. The molecule has 4 fully saturated rings. The molecule has 0 aromatic heterocycles. The number of fused-ring (bicyclic) bond motifs is 1. The van der Waals surface area contributed by atoms with Crippen molar-refractivity contribution >= 4 is 81.6 Å². The Morgan fingerprint density at radius 3 is 1.86 bits per heavy atom. The molecular weight excluding hydrogens is 1090 g/mol. The number of aryl methyl sites for hydroxylation is 1. The zero-order valence-corrected chi connectivity index (χ0v) is 48.0. The summed E-state index contributed by atoms with van der Waals surface area (Å²) in [6, 6.07) is 25.7. The zero-order valence-electron chi connectivity index (χ0n) is 45.0. The quantitative estimate of drug-likeness (QED) is 0.0708. The Balaban J connectivity index is 0.000000208. The Kier molecular flexibility index (Phi) is 20.9. The van der Waals surface area contributed by atoms with Gasteiger partial charge in [-0.3, -0.25) is 43.6 Å². The standard InChI is InChI=1S/C30H35ClN2O6S.C29H35Cl2N3O5/c1-38-27-14-20(4-11-26(27)39-13-12-33-28(34)18-40-30(33)37)17-32(16-19-2-5-21(6-3-19)29(35)36)25-10-7-22-15-23(31)8-9-24(22)25;1-19(22-8-10-24(30)11-9-22)33(16-20-3-6-23(7-4-20)28(36)37)17-21-5-12-26(25(31)15-21)39-14-13-34-27(35)18-32(2)29(34)38/h4,8-9,11,14-15,19,21,25H,2-3,5-7,10,12-13,16-18H2,1H3,(H,35,36);5,8-12,15,19-20,23H,3-4,6-7,13-14,16-18H2,1-2H3,(H,36,37)/t;19-,20?,23?/m.0/s1. The van der Waals surface area contributed by atoms with E-state index in [0.29, 0.717) is 58.5 Å². The summed E-state index contributed by atoms with van der Waals surface area (Å²) in [5.41, 5.74) is 5.89. The Morgan fingerprint density at radius 2 is 1.28 bits per heavy atom. The van der Waals surface area contributed by atoms with E-state index in [2.05, 4.69) is 28.9 Å². The molecule has 5 aliphatic rings. The number of benzene rings is 4. The minimum Gasteiger partial charge on any atom is -0.493 e. The number of carboxylic acids is 2. The van der Waals surface area contributed by atoms with Crippen LogP contribution in [0, 0.1) is 23.7 Å². The second kappa shape index (κ2) is 27.7. The summed E-state index contributed by atoms with van der Waals surface area (Å²) >= 11 is 20.0. The number of halogens is 3. The van der Waals surface area contributed by atoms with Crippen LogP contribution in [0.3, 0.4) is 0 Å². The number of urea groups is 1. The fourth-order valence-electron chi connectivity index (χ4n) is 11.5. The number of carbonyl (C=O) groups excluding carboxylic acids is 4. The second-order valence-electron chi connectivity index (χ2n) is 21.3. The lowest BCUT2D eigenvalue weighted by molar-refractivity contribution is -0.144. The Labute approximate surface area is 481 Å². The molecule has 0 bridgehead atoms. The van der Waals surface area contributed by atoms with Crippen molar-refractivity contribution in [1.82, 2.24) is 24.5 Å². The summed E-state index contributed by atoms with van der Waals surface area (Å²) in [4.78, 5) is 79.3. The molecule has 5 amide bonds. The number of methoxy groups -OCH3 is 1. The van der Waals surface area contributed by atoms with E-state index in [1.165, 1.54) is 25.8 Å². The van der Waals surface area contributed by atoms with Gasteiger partial charge in [-0.05, 0) is 159 Å². The maximum absolute atomic E-state index is 12.0. The Bertz CT molecular complexity index is 2810. The molecule has 9 rings (SSSR count). The highest BCUT2D eigenvalue weighted by Crippen LogP contribution is 2.41. The van der Waals surface area contributed by atoms with Crippen molar-refractivity contribution in [2.45, 2.75) is 96.3 Å². The molecule has 4 aromatic rings. The maximum atomic E-state index is 12.0. The highest BCUT2D eigenvalue weighted by Gasteiger charge is 2.35. The van der Waals surface area contributed by atoms with Crippen molar-refractivity contribution in [1.29, 1.82) is 0 Å². The van der Waals surface area contributed by atoms with E-state index in [4.69, 9.17) is 49.0 Å². The molecule has 0 spiro atoms. The summed E-state index contributed by atoms with van der Waals surface area (Å²) in [6.07, 6.45) is 8.53. The van der Waals surface area contributed by atoms with Crippen LogP contribution in [-0.4, -0.2) is 136 Å². The number of hydrogen-bond donors (Lipinski definition) is 2. The molecule has 4 aromatic carbocycles. The normalized spacial score (nSPS) is 21.6. The van der Waals surface area contributed by atoms with Gasteiger partial charge in [0.1, 0.15) is 25.5 Å². The summed E-state index contributed by atoms with van der Waals surface area (Å²) < 4.78 is 17.3. The van der Waals surface area contributed by atoms with Crippen molar-refractivity contribution in [2.75, 3.05) is 65.8 Å². The summed E-state index contributed by atoms with van der Waals surface area (Å²) in [7, 11) is 3.20. The summed E-state index contributed by atoms with van der Waals surface area (Å²) in [6.45, 7) is 6.10. The predicted octanol–water partition coefficient (Wildman–Crippen LogP) is 11.5. The number of likely N-dealkylation sites (N-methyl/N-ethyl adjacent to an activating group) is 1. The van der Waals surface area contributed by atoms with Crippen molar-refractivity contribution in [3.05, 3.63) is 122 Å². The fourth-order valence-corrected chi connectivity index (χ4v) is 12.9. The highest BCUT2D eigenvalue weighted by atomic mass is 35.5. The first kappa shape index (κ1) is 59.6. The topological polar surface area (TPSA) is 187 Å². The van der Waals surface area contributed by atoms with Gasteiger partial charge in [0.2, 0.25) is 11.8 Å². The zero-order chi connectivity index (χ0) is 56.3. The lowest BCUT2D eigenvalue weighted by Gasteiger charge is -2.35. The van der Waals surface area contributed by atoms with Gasteiger partial charge in [0.15, 0.2) is 11.5 Å². The molecule has 0 radical (unpaired) electrons. The number of rotatable bonds is 22. The van der Waals surface area contributed by atoms with Gasteiger partial charge in [-0.2, -0.15) is 0 Å². The van der Waals surface area contributed by atoms with Gasteiger partial charge in [0.25, 0.3) is 5.24 Å². The fraction of sp³-hybridized carbons (Fsp3) is 0.492. The molecule has 2 N–H and O–H groups in total. The van der Waals surface area contributed by atoms with Crippen LogP contribution in [0.4, 0.5) is 9.59 Å². The number of hydrogen-bond acceptors (Lipinski definition) is 12. The van der Waals surface area contributed by atoms with Crippen LogP contribution >= 0.6 is 46.6 Å². The van der Waals surface area contributed by atoms with Gasteiger partial charge in [0, 0.05) is 55.4 Å². The summed E-state index contributed by atoms with van der Waals surface area (Å²) in [5.74, 6) is 0.467. The van der Waals surface area contributed by atoms with E-state index in [1.54, 1.807) is 14.2 Å². The molecule has 20 heteroatoms. The van der Waals surface area contributed by atoms with Gasteiger partial charge in [-0.15, -0.1) is 0 Å². The molecular formula is C59H70Cl3N5O11S. The number of carboxylic acid groups (broad SMARTS) is 2. The van der Waals surface area contributed by atoms with E-state index in [0.717, 1.165) is 104 Å². The van der Waals surface area contributed by atoms with Crippen LogP contribution in [0.1, 0.15) is 105 Å². The molecule has 424 valence electrons. The minimum absolute atomic E-state index is 0.0836. The van der Waals surface area contributed by atoms with Crippen molar-refractivity contribution < 1.29 is 53.2 Å². The molecule has 1 unspecified atom stereocenters. The van der Waals surface area contributed by atoms with Gasteiger partial charge in [0.05, 0.1) is 42.8 Å². The van der Waals surface area contributed by atoms with E-state index >= 15 is 0 Å². The van der Waals surface area contributed by atoms with Crippen molar-refractivity contribution in [3.63, 3.8) is 0 Å². The third-order valence-corrected chi connectivity index (χ3v) is 17.7. The van der Waals surface area contributed by atoms with Gasteiger partial charge in [-0.1, -0.05) is 76.9 Å². The first-order chi connectivity index (χ1) is 37.9. The number of imide groups is 2. The molecule has 2 saturated heterocycles. The largest absolute Gasteiger partial charge is 0.493 e. The molecule has 2 heterocycles. The third-order valence-electron chi connectivity index (χ3n) is 16.1. The second-order valence-corrected chi connectivity index (χ2v) is 23.5. The van der Waals surface area contributed by atoms with Crippen LogP contribution in [0.5, 0.6) is 17.2 Å². The number of carbonyl (C=O) groups is 6. The molecule has 2 atom stereocenters. The molecule has 16 nitrogen and oxygen atoms in total. The summed E-state index contributed by atoms with van der Waals surface area (Å²) in [5, 5.41) is 20.5. The smallest absolute Gasteiger partial charge is 0.327 e. The average Bonchev–Trinajstić information content (AvgIpc) is 4.14. The monoisotopic (exact) mass is 1160 g/mol. The Morgan fingerprint density at radius 1 is 0.684 bits per heavy atom. The van der Waals surface area contributed by atoms with E-state index < -0.39 is 11.9 Å². The van der Waals surface area contributed by atoms with Crippen LogP contribution < -0.4 is 14.2 Å². The molecule has 2 aliphatic heterocycles. The first-order valence-electron chi connectivity index (χ1n) is 27.2. The molecule has 2 saturated carbocycles. The van der Waals surface area contributed by atoms with E-state index in [9.17, 15) is 39.0 Å². The minimum atomic E-state index is -0.692. The van der Waals surface area contributed by atoms with E-state index in [-0.39, 0.29) is 85.6 Å². The van der Waals surface area contributed by atoms with Gasteiger partial charge >= 0.3 is 18.0 Å². The van der Waals surface area contributed by atoms with Gasteiger partial charge in [-0.25, -0.2) is 4.79 Å². The lowest BCUT2D eigenvalue weighted by atomic mass is 9.81. The Hall–Kier alpha value is -5.56. The third kappa shape index (κ3) is 15.7. The first-order valence-corrected chi connectivity index (χ1v) is 29.3. The van der Waals surface area contributed by atoms with Crippen LogP contribution in [0.25, 0.3) is 0 Å².